The molecule has 24 heavy (non-hydrogen) atoms. The van der Waals surface area contributed by atoms with E-state index in [9.17, 15) is 9.90 Å². The zero-order valence-corrected chi connectivity index (χ0v) is 15.5. The highest BCUT2D eigenvalue weighted by Gasteiger charge is 2.21. The van der Waals surface area contributed by atoms with Gasteiger partial charge in [0.2, 0.25) is 5.91 Å². The number of carbonyl (C=O) groups excluding carboxylic acids is 1. The van der Waals surface area contributed by atoms with E-state index in [1.807, 2.05) is 0 Å². The van der Waals surface area contributed by atoms with Crippen LogP contribution in [0.25, 0.3) is 0 Å². The third-order valence-corrected chi connectivity index (χ3v) is 3.78. The molecule has 9 heteroatoms. The van der Waals surface area contributed by atoms with E-state index in [4.69, 9.17) is 23.2 Å². The molecule has 0 aliphatic carbocycles. The molecule has 1 aromatic heterocycles. The zero-order valence-electron chi connectivity index (χ0n) is 13.2. The van der Waals surface area contributed by atoms with E-state index >= 15 is 0 Å². The average molecular weight is 394 g/mol. The first-order valence-electron chi connectivity index (χ1n) is 6.98. The van der Waals surface area contributed by atoms with E-state index in [0.717, 1.165) is 5.56 Å². The van der Waals surface area contributed by atoms with Gasteiger partial charge in [-0.15, -0.1) is 12.4 Å². The molecule has 0 aliphatic rings. The second-order valence-electron chi connectivity index (χ2n) is 5.13. The van der Waals surface area contributed by atoms with Crippen LogP contribution in [0.15, 0.2) is 30.6 Å². The number of aromatic nitrogens is 2. The topological polar surface area (TPSA) is 79.2 Å². The minimum atomic E-state index is -0.901. The Balaban J connectivity index is 0.00000288. The van der Waals surface area contributed by atoms with Gasteiger partial charge in [0.05, 0.1) is 12.3 Å². The van der Waals surface area contributed by atoms with Gasteiger partial charge in [-0.25, -0.2) is 0 Å². The maximum Gasteiger partial charge on any atom is 0.241 e. The minimum absolute atomic E-state index is 0. The lowest BCUT2D eigenvalue weighted by Crippen LogP contribution is -2.37. The Labute approximate surface area is 156 Å². The molecule has 3 N–H and O–H groups in total. The first-order valence-corrected chi connectivity index (χ1v) is 7.74. The largest absolute Gasteiger partial charge is 0.387 e. The maximum atomic E-state index is 12.3. The zero-order chi connectivity index (χ0) is 17.0. The van der Waals surface area contributed by atoms with Crippen LogP contribution in [0.4, 0.5) is 0 Å². The monoisotopic (exact) mass is 392 g/mol. The van der Waals surface area contributed by atoms with Crippen molar-refractivity contribution >= 4 is 41.5 Å². The lowest BCUT2D eigenvalue weighted by Gasteiger charge is -2.17. The Morgan fingerprint density at radius 3 is 2.42 bits per heavy atom. The smallest absolute Gasteiger partial charge is 0.241 e. The predicted molar refractivity (Wildman–Crippen MR) is 96.7 cm³/mol. The fourth-order valence-corrected chi connectivity index (χ4v) is 2.77. The number of aliphatic hydroxyl groups is 1. The molecular weight excluding hydrogens is 375 g/mol. The highest BCUT2D eigenvalue weighted by atomic mass is 35.5. The van der Waals surface area contributed by atoms with Crippen molar-refractivity contribution in [2.75, 3.05) is 13.6 Å². The summed E-state index contributed by atoms with van der Waals surface area (Å²) in [6.45, 7) is 0.0496. The summed E-state index contributed by atoms with van der Waals surface area (Å²) in [5.74, 6) is -0.257. The third kappa shape index (κ3) is 5.36. The molecule has 2 rings (SSSR count). The summed E-state index contributed by atoms with van der Waals surface area (Å²) in [7, 11) is 3.46. The van der Waals surface area contributed by atoms with Crippen molar-refractivity contribution in [1.29, 1.82) is 0 Å². The Bertz CT molecular complexity index is 673. The number of nitrogens with one attached hydrogen (secondary N) is 2. The number of hydrogen-bond acceptors (Lipinski definition) is 4. The van der Waals surface area contributed by atoms with Crippen LogP contribution in [0.5, 0.6) is 0 Å². The van der Waals surface area contributed by atoms with Gasteiger partial charge in [0.15, 0.2) is 0 Å². The summed E-state index contributed by atoms with van der Waals surface area (Å²) in [6, 6.07) is 4.26. The Morgan fingerprint density at radius 2 is 1.92 bits per heavy atom. The number of carbonyl (C=O) groups is 1. The molecule has 1 amide bonds. The van der Waals surface area contributed by atoms with Crippen molar-refractivity contribution in [2.45, 2.75) is 12.1 Å². The molecule has 0 spiro atoms. The molecule has 0 saturated carbocycles. The number of amides is 1. The Morgan fingerprint density at radius 1 is 1.29 bits per heavy atom. The van der Waals surface area contributed by atoms with Crippen molar-refractivity contribution in [3.63, 3.8) is 0 Å². The van der Waals surface area contributed by atoms with Crippen LogP contribution >= 0.6 is 35.6 Å². The van der Waals surface area contributed by atoms with E-state index in [1.54, 1.807) is 49.4 Å². The van der Waals surface area contributed by atoms with E-state index in [2.05, 4.69) is 15.7 Å². The Hall–Kier alpha value is -1.31. The van der Waals surface area contributed by atoms with Crippen LogP contribution in [0.1, 0.15) is 23.3 Å². The number of halogens is 3. The first kappa shape index (κ1) is 20.7. The average Bonchev–Trinajstić information content (AvgIpc) is 2.90. The van der Waals surface area contributed by atoms with E-state index in [-0.39, 0.29) is 24.9 Å². The fourth-order valence-electron chi connectivity index (χ4n) is 2.22. The highest BCUT2D eigenvalue weighted by molar-refractivity contribution is 6.34. The summed E-state index contributed by atoms with van der Waals surface area (Å²) in [6.07, 6.45) is 2.48. The first-order chi connectivity index (χ1) is 10.9. The van der Waals surface area contributed by atoms with Crippen LogP contribution in [-0.4, -0.2) is 34.4 Å². The van der Waals surface area contributed by atoms with Gasteiger partial charge in [-0.3, -0.25) is 9.48 Å². The number of aryl methyl sites for hydroxylation is 1. The normalized spacial score (nSPS) is 13.0. The molecule has 0 aliphatic heterocycles. The number of hydrogen-bond donors (Lipinski definition) is 3. The summed E-state index contributed by atoms with van der Waals surface area (Å²) < 4.78 is 1.62. The van der Waals surface area contributed by atoms with Crippen LogP contribution in [-0.2, 0) is 11.8 Å². The van der Waals surface area contributed by atoms with Crippen molar-refractivity contribution in [2.24, 2.45) is 7.05 Å². The van der Waals surface area contributed by atoms with E-state index in [0.29, 0.717) is 15.6 Å². The van der Waals surface area contributed by atoms with Crippen molar-refractivity contribution in [3.8, 4) is 0 Å². The van der Waals surface area contributed by atoms with Crippen LogP contribution in [0.3, 0.4) is 0 Å². The quantitative estimate of drug-likeness (QED) is 0.703. The number of aliphatic hydroxyl groups excluding tert-OH is 1. The standard InChI is InChI=1S/C15H18Cl2N4O2.ClH/c1-18-14(10-6-20-21(2)8-10)15(23)19-7-13(22)9-3-11(16)5-12(17)4-9;/h3-6,8,13-14,18,22H,7H2,1-2H3,(H,19,23);1H. The van der Waals surface area contributed by atoms with Gasteiger partial charge in [0.25, 0.3) is 0 Å². The van der Waals surface area contributed by atoms with Crippen LogP contribution in [0, 0.1) is 0 Å². The summed E-state index contributed by atoms with van der Waals surface area (Å²) >= 11 is 11.8. The molecule has 0 bridgehead atoms. The SMILES string of the molecule is CNC(C(=O)NCC(O)c1cc(Cl)cc(Cl)c1)c1cnn(C)c1.Cl. The summed E-state index contributed by atoms with van der Waals surface area (Å²) in [4.78, 5) is 12.3. The molecule has 2 aromatic rings. The van der Waals surface area contributed by atoms with Gasteiger partial charge in [-0.2, -0.15) is 5.10 Å². The van der Waals surface area contributed by atoms with Crippen molar-refractivity contribution in [1.82, 2.24) is 20.4 Å². The van der Waals surface area contributed by atoms with Crippen LogP contribution in [0.2, 0.25) is 10.0 Å². The van der Waals surface area contributed by atoms with Gasteiger partial charge in [0.1, 0.15) is 6.04 Å². The second-order valence-corrected chi connectivity index (χ2v) is 6.01. The van der Waals surface area contributed by atoms with Crippen molar-refractivity contribution < 1.29 is 9.90 Å². The van der Waals surface area contributed by atoms with Gasteiger partial charge in [-0.05, 0) is 30.8 Å². The third-order valence-electron chi connectivity index (χ3n) is 3.35. The van der Waals surface area contributed by atoms with Crippen molar-refractivity contribution in [3.05, 3.63) is 51.8 Å². The van der Waals surface area contributed by atoms with Gasteiger partial charge in [-0.1, -0.05) is 23.2 Å². The molecule has 1 heterocycles. The fraction of sp³-hybridized carbons (Fsp3) is 0.333. The molecule has 132 valence electrons. The highest BCUT2D eigenvalue weighted by Crippen LogP contribution is 2.23. The van der Waals surface area contributed by atoms with Crippen LogP contribution < -0.4 is 10.6 Å². The van der Waals surface area contributed by atoms with Gasteiger partial charge < -0.3 is 15.7 Å². The minimum Gasteiger partial charge on any atom is -0.387 e. The number of nitrogens with zero attached hydrogens (tertiary/aromatic N) is 2. The molecule has 6 nitrogen and oxygen atoms in total. The van der Waals surface area contributed by atoms with Gasteiger partial charge >= 0.3 is 0 Å². The Kier molecular flexibility index (Phi) is 7.99. The molecule has 0 saturated heterocycles. The van der Waals surface area contributed by atoms with E-state index in [1.165, 1.54) is 0 Å². The lowest BCUT2D eigenvalue weighted by atomic mass is 10.1. The lowest BCUT2D eigenvalue weighted by molar-refractivity contribution is -0.123. The molecule has 0 radical (unpaired) electrons. The predicted octanol–water partition coefficient (Wildman–Crippen LogP) is 2.26. The molecule has 2 unspecified atom stereocenters. The number of benzene rings is 1. The molecule has 2 atom stereocenters. The molecular formula is C15H19Cl3N4O2. The number of likely N-dealkylation sites (N-methyl/N-ethyl adjacent to an activating group) is 1. The number of rotatable bonds is 6. The van der Waals surface area contributed by atoms with E-state index < -0.39 is 12.1 Å². The summed E-state index contributed by atoms with van der Waals surface area (Å²) in [5.41, 5.74) is 1.29. The van der Waals surface area contributed by atoms with Gasteiger partial charge in [0, 0.05) is 35.4 Å². The second kappa shape index (κ2) is 9.25. The molecule has 1 aromatic carbocycles. The molecule has 0 fully saturated rings. The summed E-state index contributed by atoms with van der Waals surface area (Å²) in [5, 5.41) is 20.7. The maximum absolute atomic E-state index is 12.3.